The van der Waals surface area contributed by atoms with Crippen LogP contribution in [0.25, 0.3) is 0 Å². The maximum absolute atomic E-state index is 11.0. The Morgan fingerprint density at radius 1 is 1.65 bits per heavy atom. The number of nitrogens with zero attached hydrogens (tertiary/aromatic N) is 3. The van der Waals surface area contributed by atoms with Crippen LogP contribution in [0.15, 0.2) is 0 Å². The summed E-state index contributed by atoms with van der Waals surface area (Å²) in [6, 6.07) is -0.265. The number of hydrogen-bond acceptors (Lipinski definition) is 5. The Bertz CT molecular complexity index is 403. The highest BCUT2D eigenvalue weighted by Crippen LogP contribution is 2.24. The van der Waals surface area contributed by atoms with Crippen molar-refractivity contribution in [3.8, 4) is 0 Å². The minimum atomic E-state index is -0.388. The van der Waals surface area contributed by atoms with Crippen molar-refractivity contribution in [2.75, 3.05) is 13.7 Å². The van der Waals surface area contributed by atoms with E-state index in [0.717, 1.165) is 0 Å². The molecule has 1 rings (SSSR count). The first-order valence-corrected chi connectivity index (χ1v) is 5.44. The highest BCUT2D eigenvalue weighted by molar-refractivity contribution is 5.41. The van der Waals surface area contributed by atoms with Crippen molar-refractivity contribution in [2.45, 2.75) is 25.8 Å². The van der Waals surface area contributed by atoms with Gasteiger partial charge in [-0.25, -0.2) is 0 Å². The predicted molar refractivity (Wildman–Crippen MR) is 62.8 cm³/mol. The highest BCUT2D eigenvalue weighted by Gasteiger charge is 2.26. The van der Waals surface area contributed by atoms with E-state index in [0.29, 0.717) is 30.8 Å². The smallest absolute Gasteiger partial charge is 0.313 e. The van der Waals surface area contributed by atoms with Gasteiger partial charge in [-0.3, -0.25) is 14.8 Å². The van der Waals surface area contributed by atoms with E-state index < -0.39 is 0 Å². The van der Waals surface area contributed by atoms with Crippen molar-refractivity contribution in [3.05, 3.63) is 21.5 Å². The molecule has 7 nitrogen and oxygen atoms in total. The van der Waals surface area contributed by atoms with E-state index >= 15 is 0 Å². The second-order valence-electron chi connectivity index (χ2n) is 3.90. The molecule has 0 saturated heterocycles. The first kappa shape index (κ1) is 13.6. The maximum atomic E-state index is 11.0. The van der Waals surface area contributed by atoms with Crippen LogP contribution in [0.5, 0.6) is 0 Å². The third-order valence-corrected chi connectivity index (χ3v) is 2.56. The number of rotatable bonds is 6. The molecule has 96 valence electrons. The van der Waals surface area contributed by atoms with Crippen molar-refractivity contribution in [3.63, 3.8) is 0 Å². The summed E-state index contributed by atoms with van der Waals surface area (Å²) in [5.74, 6) is 0. The molecule has 0 aliphatic rings. The summed E-state index contributed by atoms with van der Waals surface area (Å²) in [6.07, 6.45) is 0.914. The first-order chi connectivity index (χ1) is 8.01. The molecule has 0 fully saturated rings. The van der Waals surface area contributed by atoms with E-state index in [4.69, 9.17) is 10.5 Å². The lowest BCUT2D eigenvalue weighted by Crippen LogP contribution is -2.29. The lowest BCUT2D eigenvalue weighted by molar-refractivity contribution is -0.386. The Kier molecular flexibility index (Phi) is 4.59. The van der Waals surface area contributed by atoms with Gasteiger partial charge in [-0.05, 0) is 6.42 Å². The molecule has 0 saturated carbocycles. The predicted octanol–water partition coefficient (Wildman–Crippen LogP) is 0.407. The van der Waals surface area contributed by atoms with Gasteiger partial charge < -0.3 is 10.5 Å². The van der Waals surface area contributed by atoms with Crippen LogP contribution in [0.3, 0.4) is 0 Å². The number of nitrogens with two attached hydrogens (primary N) is 1. The molecular formula is C10H18N4O3. The van der Waals surface area contributed by atoms with Gasteiger partial charge in [-0.2, -0.15) is 5.10 Å². The molecule has 0 aliphatic carbocycles. The third kappa shape index (κ3) is 3.01. The van der Waals surface area contributed by atoms with Gasteiger partial charge in [0, 0.05) is 26.6 Å². The number of aromatic nitrogens is 2. The zero-order chi connectivity index (χ0) is 13.0. The molecule has 0 bridgehead atoms. The van der Waals surface area contributed by atoms with E-state index in [9.17, 15) is 10.1 Å². The molecular weight excluding hydrogens is 224 g/mol. The van der Waals surface area contributed by atoms with Crippen molar-refractivity contribution < 1.29 is 9.66 Å². The average Bonchev–Trinajstić information content (AvgIpc) is 2.56. The SMILES string of the molecule is CCc1nn(C)c(CC(N)COC)c1[N+](=O)[O-]. The van der Waals surface area contributed by atoms with Gasteiger partial charge in [-0.1, -0.05) is 6.92 Å². The lowest BCUT2D eigenvalue weighted by atomic mass is 10.1. The van der Waals surface area contributed by atoms with Crippen molar-refractivity contribution in [2.24, 2.45) is 12.8 Å². The number of nitro groups is 1. The van der Waals surface area contributed by atoms with Crippen LogP contribution in [-0.2, 0) is 24.6 Å². The van der Waals surface area contributed by atoms with Gasteiger partial charge >= 0.3 is 5.69 Å². The molecule has 0 aromatic carbocycles. The summed E-state index contributed by atoms with van der Waals surface area (Å²) >= 11 is 0. The van der Waals surface area contributed by atoms with Gasteiger partial charge in [0.2, 0.25) is 0 Å². The fourth-order valence-corrected chi connectivity index (χ4v) is 1.81. The van der Waals surface area contributed by atoms with Gasteiger partial charge in [0.05, 0.1) is 11.5 Å². The summed E-state index contributed by atoms with van der Waals surface area (Å²) in [7, 11) is 3.25. The Labute approximate surface area is 99.7 Å². The van der Waals surface area contributed by atoms with Crippen LogP contribution in [0.2, 0.25) is 0 Å². The summed E-state index contributed by atoms with van der Waals surface area (Å²) in [5.41, 5.74) is 6.95. The maximum Gasteiger partial charge on any atom is 0.313 e. The molecule has 1 aromatic rings. The minimum absolute atomic E-state index is 0.0848. The quantitative estimate of drug-likeness (QED) is 0.575. The molecule has 1 aromatic heterocycles. The molecule has 2 N–H and O–H groups in total. The van der Waals surface area contributed by atoms with Crippen molar-refractivity contribution in [1.82, 2.24) is 9.78 Å². The van der Waals surface area contributed by atoms with Crippen molar-refractivity contribution in [1.29, 1.82) is 0 Å². The fraction of sp³-hybridized carbons (Fsp3) is 0.700. The molecule has 7 heteroatoms. The van der Waals surface area contributed by atoms with Crippen molar-refractivity contribution >= 4 is 5.69 Å². The minimum Gasteiger partial charge on any atom is -0.383 e. The summed E-state index contributed by atoms with van der Waals surface area (Å²) in [4.78, 5) is 10.6. The molecule has 0 aliphatic heterocycles. The first-order valence-electron chi connectivity index (χ1n) is 5.44. The second kappa shape index (κ2) is 5.74. The Balaban J connectivity index is 3.04. The lowest BCUT2D eigenvalue weighted by Gasteiger charge is -2.09. The van der Waals surface area contributed by atoms with E-state index in [-0.39, 0.29) is 16.7 Å². The van der Waals surface area contributed by atoms with Gasteiger partial charge in [0.15, 0.2) is 0 Å². The zero-order valence-electron chi connectivity index (χ0n) is 10.3. The molecule has 17 heavy (non-hydrogen) atoms. The number of aryl methyl sites for hydroxylation is 2. The third-order valence-electron chi connectivity index (χ3n) is 2.56. The van der Waals surface area contributed by atoms with Gasteiger partial charge in [-0.15, -0.1) is 0 Å². The van der Waals surface area contributed by atoms with Crippen LogP contribution in [-0.4, -0.2) is 34.5 Å². The molecule has 0 spiro atoms. The largest absolute Gasteiger partial charge is 0.383 e. The Morgan fingerprint density at radius 2 is 2.29 bits per heavy atom. The number of hydrogen-bond donors (Lipinski definition) is 1. The number of ether oxygens (including phenoxy) is 1. The van der Waals surface area contributed by atoms with E-state index in [2.05, 4.69) is 5.10 Å². The molecule has 1 atom stereocenters. The summed E-state index contributed by atoms with van der Waals surface area (Å²) < 4.78 is 6.46. The monoisotopic (exact) mass is 242 g/mol. The van der Waals surface area contributed by atoms with Crippen LogP contribution < -0.4 is 5.73 Å². The van der Waals surface area contributed by atoms with Gasteiger partial charge in [0.1, 0.15) is 11.4 Å². The van der Waals surface area contributed by atoms with Crippen LogP contribution in [0.4, 0.5) is 5.69 Å². The van der Waals surface area contributed by atoms with E-state index in [1.54, 1.807) is 14.2 Å². The van der Waals surface area contributed by atoms with Crippen LogP contribution in [0.1, 0.15) is 18.3 Å². The molecule has 1 unspecified atom stereocenters. The summed E-state index contributed by atoms with van der Waals surface area (Å²) in [5, 5.41) is 15.2. The standard InChI is InChI=1S/C10H18N4O3/c1-4-8-10(14(15)16)9(13(2)12-8)5-7(11)6-17-3/h7H,4-6,11H2,1-3H3. The summed E-state index contributed by atoms with van der Waals surface area (Å²) in [6.45, 7) is 2.21. The Hall–Kier alpha value is -1.47. The average molecular weight is 242 g/mol. The van der Waals surface area contributed by atoms with Crippen LogP contribution >= 0.6 is 0 Å². The highest BCUT2D eigenvalue weighted by atomic mass is 16.6. The second-order valence-corrected chi connectivity index (χ2v) is 3.90. The Morgan fingerprint density at radius 3 is 2.76 bits per heavy atom. The fourth-order valence-electron chi connectivity index (χ4n) is 1.81. The molecule has 0 radical (unpaired) electrons. The van der Waals surface area contributed by atoms with E-state index in [1.165, 1.54) is 4.68 Å². The van der Waals surface area contributed by atoms with E-state index in [1.807, 2.05) is 6.92 Å². The molecule has 1 heterocycles. The number of methoxy groups -OCH3 is 1. The normalized spacial score (nSPS) is 12.7. The topological polar surface area (TPSA) is 96.2 Å². The van der Waals surface area contributed by atoms with Crippen LogP contribution in [0, 0.1) is 10.1 Å². The molecule has 0 amide bonds. The zero-order valence-corrected chi connectivity index (χ0v) is 10.3. The van der Waals surface area contributed by atoms with Gasteiger partial charge in [0.25, 0.3) is 0 Å².